The van der Waals surface area contributed by atoms with E-state index < -0.39 is 0 Å². The van der Waals surface area contributed by atoms with Gasteiger partial charge < -0.3 is 14.4 Å². The molecule has 1 aliphatic rings. The predicted octanol–water partition coefficient (Wildman–Crippen LogP) is 3.17. The van der Waals surface area contributed by atoms with E-state index in [1.54, 1.807) is 35.5 Å². The van der Waals surface area contributed by atoms with Gasteiger partial charge >= 0.3 is 0 Å². The second-order valence-corrected chi connectivity index (χ2v) is 8.09. The van der Waals surface area contributed by atoms with Gasteiger partial charge in [0.2, 0.25) is 0 Å². The number of piperazine rings is 1. The summed E-state index contributed by atoms with van der Waals surface area (Å²) in [6, 6.07) is 9.60. The summed E-state index contributed by atoms with van der Waals surface area (Å²) in [6.45, 7) is 8.87. The van der Waals surface area contributed by atoms with Crippen molar-refractivity contribution in [1.82, 2.24) is 19.4 Å². The molecule has 1 aromatic heterocycles. The fraction of sp³-hybridized carbons (Fsp3) is 0.259. The smallest absolute Gasteiger partial charge is 0.262 e. The standard InChI is InChI=1S/C27H28N6O/c1-6-22(27(34)33-15-13-31(4)14-16-33)12-11-20(2)21(3)29-19-26-30-18-25(32(26)5)24-10-8-7-9-23(24)17-28/h1,7-12,18-19H,3,13-16H2,2,4-5H3/b20-11+,22-12+,29-19-. The zero-order valence-corrected chi connectivity index (χ0v) is 19.8. The first-order valence-electron chi connectivity index (χ1n) is 10.9. The molecule has 2 heterocycles. The number of amides is 1. The molecule has 0 aliphatic carbocycles. The van der Waals surface area contributed by atoms with Gasteiger partial charge in [-0.1, -0.05) is 36.8 Å². The van der Waals surface area contributed by atoms with E-state index in [9.17, 15) is 10.1 Å². The first kappa shape index (κ1) is 24.4. The Bertz CT molecular complexity index is 1260. The van der Waals surface area contributed by atoms with Crippen molar-refractivity contribution in [2.24, 2.45) is 12.0 Å². The number of aliphatic imine (C=N–C) groups is 1. The van der Waals surface area contributed by atoms with Gasteiger partial charge in [-0.05, 0) is 31.7 Å². The SMILES string of the molecule is C#C/C(=C\C=C(/C)C(=C)/N=C\c1ncc(-c2ccccc2C#N)n1C)C(=O)N1CCN(C)CC1. The number of hydrogen-bond donors (Lipinski definition) is 0. The van der Waals surface area contributed by atoms with Crippen LogP contribution >= 0.6 is 0 Å². The van der Waals surface area contributed by atoms with Gasteiger partial charge in [-0.15, -0.1) is 6.42 Å². The lowest BCUT2D eigenvalue weighted by atomic mass is 10.1. The highest BCUT2D eigenvalue weighted by Crippen LogP contribution is 2.23. The monoisotopic (exact) mass is 452 g/mol. The third-order valence-corrected chi connectivity index (χ3v) is 5.82. The molecule has 1 aliphatic heterocycles. The Balaban J connectivity index is 1.72. The third-order valence-electron chi connectivity index (χ3n) is 5.82. The number of likely N-dealkylation sites (N-methyl/N-ethyl adjacent to an activating group) is 1. The van der Waals surface area contributed by atoms with Crippen LogP contribution in [0.15, 0.2) is 71.0 Å². The Morgan fingerprint density at radius 3 is 2.59 bits per heavy atom. The molecule has 1 amide bonds. The molecule has 2 aromatic rings. The molecular formula is C27H28N6O. The Hall–Kier alpha value is -4.20. The lowest BCUT2D eigenvalue weighted by molar-refractivity contribution is -0.128. The van der Waals surface area contributed by atoms with Crippen LogP contribution in [0.5, 0.6) is 0 Å². The molecule has 0 saturated carbocycles. The van der Waals surface area contributed by atoms with E-state index in [0.29, 0.717) is 35.7 Å². The van der Waals surface area contributed by atoms with Crippen molar-refractivity contribution in [1.29, 1.82) is 5.26 Å². The number of imidazole rings is 1. The van der Waals surface area contributed by atoms with Crippen LogP contribution in [0.4, 0.5) is 0 Å². The van der Waals surface area contributed by atoms with Gasteiger partial charge in [0.05, 0.1) is 41.0 Å². The summed E-state index contributed by atoms with van der Waals surface area (Å²) >= 11 is 0. The number of aromatic nitrogens is 2. The second kappa shape index (κ2) is 11.1. The molecule has 7 heteroatoms. The first-order chi connectivity index (χ1) is 16.3. The molecular weight excluding hydrogens is 424 g/mol. The summed E-state index contributed by atoms with van der Waals surface area (Å²) in [5, 5.41) is 9.37. The molecule has 0 N–H and O–H groups in total. The maximum absolute atomic E-state index is 12.7. The van der Waals surface area contributed by atoms with Crippen LogP contribution in [-0.2, 0) is 11.8 Å². The summed E-state index contributed by atoms with van der Waals surface area (Å²) in [4.78, 5) is 25.5. The molecule has 34 heavy (non-hydrogen) atoms. The largest absolute Gasteiger partial charge is 0.336 e. The summed E-state index contributed by atoms with van der Waals surface area (Å²) in [5.74, 6) is 3.00. The van der Waals surface area contributed by atoms with E-state index in [1.807, 2.05) is 43.8 Å². The van der Waals surface area contributed by atoms with Crippen molar-refractivity contribution in [3.05, 3.63) is 77.4 Å². The zero-order chi connectivity index (χ0) is 24.7. The second-order valence-electron chi connectivity index (χ2n) is 8.09. The maximum atomic E-state index is 12.7. The molecule has 1 aromatic carbocycles. The predicted molar refractivity (Wildman–Crippen MR) is 135 cm³/mol. The van der Waals surface area contributed by atoms with Crippen LogP contribution in [0.25, 0.3) is 11.3 Å². The van der Waals surface area contributed by atoms with E-state index in [0.717, 1.165) is 29.9 Å². The molecule has 172 valence electrons. The summed E-state index contributed by atoms with van der Waals surface area (Å²) in [6.07, 6.45) is 12.4. The molecule has 0 spiro atoms. The number of benzene rings is 1. The minimum atomic E-state index is -0.132. The minimum absolute atomic E-state index is 0.132. The number of hydrogen-bond acceptors (Lipinski definition) is 5. The fourth-order valence-electron chi connectivity index (χ4n) is 3.50. The van der Waals surface area contributed by atoms with E-state index in [4.69, 9.17) is 6.42 Å². The Morgan fingerprint density at radius 1 is 1.21 bits per heavy atom. The summed E-state index contributed by atoms with van der Waals surface area (Å²) in [7, 11) is 3.91. The fourth-order valence-corrected chi connectivity index (χ4v) is 3.50. The Labute approximate surface area is 201 Å². The number of rotatable bonds is 6. The zero-order valence-electron chi connectivity index (χ0n) is 19.8. The number of allylic oxidation sites excluding steroid dienone is 3. The maximum Gasteiger partial charge on any atom is 0.262 e. The average molecular weight is 453 g/mol. The number of nitrogens with zero attached hydrogens (tertiary/aromatic N) is 6. The molecule has 1 fully saturated rings. The minimum Gasteiger partial charge on any atom is -0.336 e. The molecule has 3 rings (SSSR count). The summed E-state index contributed by atoms with van der Waals surface area (Å²) < 4.78 is 1.87. The average Bonchev–Trinajstić information content (AvgIpc) is 3.22. The number of nitriles is 1. The number of terminal acetylenes is 1. The highest BCUT2D eigenvalue weighted by atomic mass is 16.2. The quantitative estimate of drug-likeness (QED) is 0.292. The van der Waals surface area contributed by atoms with Gasteiger partial charge in [-0.25, -0.2) is 4.98 Å². The topological polar surface area (TPSA) is 77.5 Å². The molecule has 1 saturated heterocycles. The molecule has 7 nitrogen and oxygen atoms in total. The van der Waals surface area contributed by atoms with E-state index in [1.165, 1.54) is 0 Å². The van der Waals surface area contributed by atoms with Crippen molar-refractivity contribution < 1.29 is 4.79 Å². The normalized spacial score (nSPS) is 15.3. The van der Waals surface area contributed by atoms with Crippen LogP contribution in [0.3, 0.4) is 0 Å². The lowest BCUT2D eigenvalue weighted by Gasteiger charge is -2.32. The van der Waals surface area contributed by atoms with Gasteiger partial charge in [0, 0.05) is 38.8 Å². The summed E-state index contributed by atoms with van der Waals surface area (Å²) in [5.41, 5.74) is 3.83. The highest BCUT2D eigenvalue weighted by Gasteiger charge is 2.20. The van der Waals surface area contributed by atoms with E-state index >= 15 is 0 Å². The van der Waals surface area contributed by atoms with Gasteiger partial charge in [-0.3, -0.25) is 9.79 Å². The Morgan fingerprint density at radius 2 is 1.91 bits per heavy atom. The van der Waals surface area contributed by atoms with Gasteiger partial charge in [0.15, 0.2) is 5.82 Å². The van der Waals surface area contributed by atoms with Crippen molar-refractivity contribution >= 4 is 12.1 Å². The van der Waals surface area contributed by atoms with Crippen LogP contribution in [0.1, 0.15) is 18.3 Å². The molecule has 0 bridgehead atoms. The van der Waals surface area contributed by atoms with Crippen molar-refractivity contribution in [3.63, 3.8) is 0 Å². The van der Waals surface area contributed by atoms with E-state index in [2.05, 4.69) is 33.4 Å². The van der Waals surface area contributed by atoms with Crippen LogP contribution < -0.4 is 0 Å². The Kier molecular flexibility index (Phi) is 7.97. The number of carbonyl (C=O) groups is 1. The third kappa shape index (κ3) is 5.58. The van der Waals surface area contributed by atoms with Crippen LogP contribution in [0.2, 0.25) is 0 Å². The lowest BCUT2D eigenvalue weighted by Crippen LogP contribution is -2.47. The van der Waals surface area contributed by atoms with Gasteiger partial charge in [0.1, 0.15) is 0 Å². The van der Waals surface area contributed by atoms with Crippen molar-refractivity contribution in [2.45, 2.75) is 6.92 Å². The molecule has 0 atom stereocenters. The van der Waals surface area contributed by atoms with Gasteiger partial charge in [-0.2, -0.15) is 5.26 Å². The van der Waals surface area contributed by atoms with Crippen LogP contribution in [0, 0.1) is 23.7 Å². The number of carbonyl (C=O) groups excluding carboxylic acids is 1. The molecule has 0 unspecified atom stereocenters. The highest BCUT2D eigenvalue weighted by molar-refractivity contribution is 5.98. The first-order valence-corrected chi connectivity index (χ1v) is 10.9. The van der Waals surface area contributed by atoms with Crippen molar-refractivity contribution in [2.75, 3.05) is 33.2 Å². The van der Waals surface area contributed by atoms with Crippen molar-refractivity contribution in [3.8, 4) is 29.7 Å². The van der Waals surface area contributed by atoms with E-state index in [-0.39, 0.29) is 5.91 Å². The van der Waals surface area contributed by atoms with Gasteiger partial charge in [0.25, 0.3) is 5.91 Å². The van der Waals surface area contributed by atoms with Crippen LogP contribution in [-0.4, -0.2) is 64.7 Å². The molecule has 0 radical (unpaired) electrons.